The molecular formula is C31H35N5O3. The summed E-state index contributed by atoms with van der Waals surface area (Å²) in [7, 11) is 0. The fourth-order valence-corrected chi connectivity index (χ4v) is 6.58. The summed E-state index contributed by atoms with van der Waals surface area (Å²) in [5, 5.41) is 8.74. The third kappa shape index (κ3) is 4.16. The van der Waals surface area contributed by atoms with Gasteiger partial charge in [0.25, 0.3) is 5.91 Å². The van der Waals surface area contributed by atoms with E-state index in [4.69, 9.17) is 6.47 Å². The lowest BCUT2D eigenvalue weighted by Gasteiger charge is -2.40. The van der Waals surface area contributed by atoms with E-state index < -0.39 is 17.8 Å². The van der Waals surface area contributed by atoms with Gasteiger partial charge in [-0.25, -0.2) is 0 Å². The van der Waals surface area contributed by atoms with Crippen LogP contribution in [0.25, 0.3) is 10.8 Å². The van der Waals surface area contributed by atoms with Crippen molar-refractivity contribution in [2.24, 2.45) is 5.41 Å². The fraction of sp³-hybridized carbons (Fsp3) is 0.484. The first-order valence-electron chi connectivity index (χ1n) is 14.6. The van der Waals surface area contributed by atoms with E-state index in [2.05, 4.69) is 34.9 Å². The Morgan fingerprint density at radius 1 is 1.08 bits per heavy atom. The van der Waals surface area contributed by atoms with Crippen LogP contribution in [0, 0.1) is 5.41 Å². The van der Waals surface area contributed by atoms with E-state index >= 15 is 0 Å². The maximum absolute atomic E-state index is 13.5. The van der Waals surface area contributed by atoms with Crippen molar-refractivity contribution in [3.05, 3.63) is 59.4 Å². The lowest BCUT2D eigenvalue weighted by molar-refractivity contribution is -0.134. The summed E-state index contributed by atoms with van der Waals surface area (Å²) in [6.07, 6.45) is 9.64. The van der Waals surface area contributed by atoms with Gasteiger partial charge >= 0.3 is 0 Å². The second-order valence-corrected chi connectivity index (χ2v) is 12.5. The lowest BCUT2D eigenvalue weighted by Crippen LogP contribution is -2.53. The summed E-state index contributed by atoms with van der Waals surface area (Å²) in [6.45, 7) is 8.12. The highest BCUT2D eigenvalue weighted by molar-refractivity contribution is 6.27. The minimum atomic E-state index is -1.86. The molecule has 0 unspecified atom stereocenters. The van der Waals surface area contributed by atoms with Crippen LogP contribution in [-0.4, -0.2) is 58.1 Å². The second kappa shape index (κ2) is 8.74. The zero-order chi connectivity index (χ0) is 27.9. The van der Waals surface area contributed by atoms with E-state index in [1.54, 1.807) is 6.07 Å². The smallest absolute Gasteiger partial charge is 0.259 e. The van der Waals surface area contributed by atoms with Gasteiger partial charge in [0.1, 0.15) is 6.02 Å². The Balaban J connectivity index is 1.14. The monoisotopic (exact) mass is 526 g/mol. The standard InChI is InChI=1S/C31H35N5O3/c1-30(10-11-30)19-34-14-12-31(2,13-15-34)35-18-20(17-32-35)16-21-6-7-24-27-22(21)4-3-5-23(27)29(39)36(24)25-8-9-26(37)33-28(25)38/h3-7,17-18,25H,8-16,19H2,1-2H3,(H,33,37,38)/t25-/m1/s1/i25D. The number of rotatable bonds is 6. The average molecular weight is 527 g/mol. The van der Waals surface area contributed by atoms with Gasteiger partial charge in [-0.15, -0.1) is 0 Å². The molecule has 0 bridgehead atoms. The van der Waals surface area contributed by atoms with Crippen LogP contribution >= 0.6 is 0 Å². The number of amides is 3. The number of carbonyl (C=O) groups is 3. The molecule has 8 heteroatoms. The molecule has 202 valence electrons. The quantitative estimate of drug-likeness (QED) is 0.491. The number of piperidine rings is 2. The Bertz CT molecular complexity index is 1570. The third-order valence-electron chi connectivity index (χ3n) is 9.38. The zero-order valence-corrected chi connectivity index (χ0v) is 22.6. The molecule has 1 N–H and O–H groups in total. The molecule has 0 radical (unpaired) electrons. The molecule has 2 aromatic carbocycles. The van der Waals surface area contributed by atoms with Gasteiger partial charge in [0.05, 0.1) is 18.8 Å². The van der Waals surface area contributed by atoms with Gasteiger partial charge in [-0.05, 0) is 73.1 Å². The topological polar surface area (TPSA) is 87.5 Å². The van der Waals surface area contributed by atoms with Crippen LogP contribution in [0.1, 0.15) is 75.2 Å². The van der Waals surface area contributed by atoms with Gasteiger partial charge in [0.15, 0.2) is 0 Å². The SMILES string of the molecule is [2H][C@@]1(N2C(=O)c3cccc4c(Cc5cnn(C6(C)CCN(CC7(C)CC7)CC6)c5)ccc2c34)CCC(=O)NC1=O. The van der Waals surface area contributed by atoms with Crippen molar-refractivity contribution in [3.63, 3.8) is 0 Å². The summed E-state index contributed by atoms with van der Waals surface area (Å²) < 4.78 is 11.1. The van der Waals surface area contributed by atoms with Gasteiger partial charge in [-0.3, -0.25) is 29.3 Å². The van der Waals surface area contributed by atoms with E-state index in [1.807, 2.05) is 30.5 Å². The number of nitrogens with zero attached hydrogens (tertiary/aromatic N) is 4. The van der Waals surface area contributed by atoms with Crippen molar-refractivity contribution in [1.82, 2.24) is 20.0 Å². The minimum Gasteiger partial charge on any atom is -0.303 e. The van der Waals surface area contributed by atoms with Crippen LogP contribution in [0.15, 0.2) is 42.7 Å². The molecule has 3 aliphatic heterocycles. The summed E-state index contributed by atoms with van der Waals surface area (Å²) >= 11 is 0. The van der Waals surface area contributed by atoms with Gasteiger partial charge in [-0.2, -0.15) is 5.10 Å². The number of hydrogen-bond acceptors (Lipinski definition) is 5. The molecule has 4 aliphatic rings. The number of imide groups is 1. The van der Waals surface area contributed by atoms with E-state index in [1.165, 1.54) is 24.3 Å². The van der Waals surface area contributed by atoms with Crippen molar-refractivity contribution in [1.29, 1.82) is 0 Å². The third-order valence-corrected chi connectivity index (χ3v) is 9.38. The van der Waals surface area contributed by atoms with Crippen LogP contribution < -0.4 is 10.2 Å². The first-order valence-corrected chi connectivity index (χ1v) is 14.1. The highest BCUT2D eigenvalue weighted by Gasteiger charge is 2.42. The van der Waals surface area contributed by atoms with Gasteiger partial charge in [0, 0.05) is 49.6 Å². The van der Waals surface area contributed by atoms with Gasteiger partial charge < -0.3 is 4.90 Å². The van der Waals surface area contributed by atoms with Crippen molar-refractivity contribution in [2.75, 3.05) is 24.5 Å². The molecule has 39 heavy (non-hydrogen) atoms. The molecule has 3 aromatic rings. The summed E-state index contributed by atoms with van der Waals surface area (Å²) in [5.41, 5.74) is 3.75. The fourth-order valence-electron chi connectivity index (χ4n) is 6.58. The molecule has 0 spiro atoms. The number of likely N-dealkylation sites (tertiary alicyclic amines) is 1. The molecule has 1 atom stereocenters. The molecule has 4 heterocycles. The maximum Gasteiger partial charge on any atom is 0.259 e. The van der Waals surface area contributed by atoms with Crippen molar-refractivity contribution < 1.29 is 15.8 Å². The Morgan fingerprint density at radius 2 is 1.87 bits per heavy atom. The minimum absolute atomic E-state index is 0.00145. The molecule has 3 fully saturated rings. The molecule has 8 nitrogen and oxygen atoms in total. The number of hydrogen-bond donors (Lipinski definition) is 1. The molecule has 7 rings (SSSR count). The first kappa shape index (κ1) is 23.4. The largest absolute Gasteiger partial charge is 0.303 e. The Kier molecular flexibility index (Phi) is 5.24. The van der Waals surface area contributed by atoms with E-state index in [9.17, 15) is 14.4 Å². The predicted octanol–water partition coefficient (Wildman–Crippen LogP) is 4.00. The van der Waals surface area contributed by atoms with Crippen LogP contribution in [0.3, 0.4) is 0 Å². The summed E-state index contributed by atoms with van der Waals surface area (Å²) in [6, 6.07) is 7.57. The zero-order valence-electron chi connectivity index (χ0n) is 23.6. The molecular weight excluding hydrogens is 490 g/mol. The second-order valence-electron chi connectivity index (χ2n) is 12.5. The number of aromatic nitrogens is 2. The van der Waals surface area contributed by atoms with Crippen molar-refractivity contribution in [3.8, 4) is 0 Å². The summed E-state index contributed by atoms with van der Waals surface area (Å²) in [5.74, 6) is -1.54. The highest BCUT2D eigenvalue weighted by atomic mass is 16.2. The van der Waals surface area contributed by atoms with E-state index in [0.717, 1.165) is 47.8 Å². The van der Waals surface area contributed by atoms with Crippen molar-refractivity contribution in [2.45, 2.75) is 70.4 Å². The molecule has 1 aromatic heterocycles. The lowest BCUT2D eigenvalue weighted by atomic mass is 9.89. The normalized spacial score (nSPS) is 26.2. The molecule has 1 saturated carbocycles. The molecule has 1 aliphatic carbocycles. The number of carbonyl (C=O) groups excluding carboxylic acids is 3. The summed E-state index contributed by atoms with van der Waals surface area (Å²) in [4.78, 5) is 41.9. The van der Waals surface area contributed by atoms with Crippen LogP contribution in [0.2, 0.25) is 0 Å². The molecule has 3 amide bonds. The average Bonchev–Trinajstić information content (AvgIpc) is 3.33. The van der Waals surface area contributed by atoms with E-state index in [-0.39, 0.29) is 24.3 Å². The highest BCUT2D eigenvalue weighted by Crippen LogP contribution is 2.46. The van der Waals surface area contributed by atoms with Crippen LogP contribution in [-0.2, 0) is 21.5 Å². The Hall–Kier alpha value is -3.52. The Labute approximate surface area is 229 Å². The van der Waals surface area contributed by atoms with Gasteiger partial charge in [-0.1, -0.05) is 25.1 Å². The van der Waals surface area contributed by atoms with Gasteiger partial charge in [0.2, 0.25) is 11.8 Å². The van der Waals surface area contributed by atoms with Crippen LogP contribution in [0.5, 0.6) is 0 Å². The predicted molar refractivity (Wildman–Crippen MR) is 149 cm³/mol. The number of benzene rings is 2. The Morgan fingerprint density at radius 3 is 2.62 bits per heavy atom. The van der Waals surface area contributed by atoms with Crippen LogP contribution in [0.4, 0.5) is 5.69 Å². The van der Waals surface area contributed by atoms with E-state index in [0.29, 0.717) is 23.1 Å². The van der Waals surface area contributed by atoms with Crippen molar-refractivity contribution >= 4 is 34.2 Å². The molecule has 2 saturated heterocycles. The first-order chi connectivity index (χ1) is 19.1. The number of anilines is 1. The maximum atomic E-state index is 13.5. The number of nitrogens with one attached hydrogen (secondary N) is 1.